The van der Waals surface area contributed by atoms with Crippen molar-refractivity contribution >= 4 is 11.6 Å². The van der Waals surface area contributed by atoms with E-state index in [1.165, 1.54) is 14.2 Å². The number of anilines is 1. The molecule has 21 heavy (non-hydrogen) atoms. The molecule has 2 aromatic carbocycles. The van der Waals surface area contributed by atoms with Crippen molar-refractivity contribution in [3.05, 3.63) is 47.5 Å². The number of carbonyl (C=O) groups excluding carboxylic acids is 1. The van der Waals surface area contributed by atoms with Crippen molar-refractivity contribution in [1.29, 1.82) is 0 Å². The van der Waals surface area contributed by atoms with Crippen LogP contribution in [0.2, 0.25) is 0 Å². The van der Waals surface area contributed by atoms with Gasteiger partial charge in [-0.1, -0.05) is 6.07 Å². The number of phenolic OH excluding ortho intramolecular Hbond substituents is 1. The highest BCUT2D eigenvalue weighted by atomic mass is 16.5. The summed E-state index contributed by atoms with van der Waals surface area (Å²) in [5.41, 5.74) is 1.68. The lowest BCUT2D eigenvalue weighted by molar-refractivity contribution is 0.102. The van der Waals surface area contributed by atoms with Gasteiger partial charge in [0.1, 0.15) is 5.75 Å². The van der Waals surface area contributed by atoms with Crippen molar-refractivity contribution in [2.45, 2.75) is 6.92 Å². The zero-order valence-corrected chi connectivity index (χ0v) is 12.1. The van der Waals surface area contributed by atoms with Crippen LogP contribution in [-0.2, 0) is 0 Å². The van der Waals surface area contributed by atoms with Crippen LogP contribution < -0.4 is 14.8 Å². The number of amides is 1. The first-order chi connectivity index (χ1) is 10.0. The van der Waals surface area contributed by atoms with Gasteiger partial charge in [-0.05, 0) is 42.8 Å². The molecule has 2 rings (SSSR count). The number of ether oxygens (including phenoxy) is 2. The van der Waals surface area contributed by atoms with Crippen molar-refractivity contribution in [3.8, 4) is 17.2 Å². The van der Waals surface area contributed by atoms with Gasteiger partial charge in [0, 0.05) is 5.56 Å². The minimum Gasteiger partial charge on any atom is -0.506 e. The highest BCUT2D eigenvalue weighted by molar-refractivity contribution is 6.05. The van der Waals surface area contributed by atoms with Crippen LogP contribution in [0, 0.1) is 6.92 Å². The van der Waals surface area contributed by atoms with E-state index < -0.39 is 0 Å². The second kappa shape index (κ2) is 6.17. The molecule has 0 unspecified atom stereocenters. The first kappa shape index (κ1) is 14.7. The molecule has 0 heterocycles. The molecule has 0 saturated heterocycles. The zero-order chi connectivity index (χ0) is 15.4. The summed E-state index contributed by atoms with van der Waals surface area (Å²) in [6, 6.07) is 9.92. The SMILES string of the molecule is COc1ccc(C(=O)Nc2ccc(C)cc2O)cc1OC. The van der Waals surface area contributed by atoms with Gasteiger partial charge in [0.25, 0.3) is 5.91 Å². The summed E-state index contributed by atoms with van der Waals surface area (Å²) >= 11 is 0. The number of carbonyl (C=O) groups is 1. The lowest BCUT2D eigenvalue weighted by Crippen LogP contribution is -2.12. The van der Waals surface area contributed by atoms with E-state index in [1.54, 1.807) is 30.3 Å². The average molecular weight is 287 g/mol. The molecule has 0 atom stereocenters. The second-order valence-electron chi connectivity index (χ2n) is 4.54. The van der Waals surface area contributed by atoms with Crippen molar-refractivity contribution in [3.63, 3.8) is 0 Å². The summed E-state index contributed by atoms with van der Waals surface area (Å²) in [4.78, 5) is 12.2. The molecule has 2 aromatic rings. The third-order valence-electron chi connectivity index (χ3n) is 3.05. The van der Waals surface area contributed by atoms with Crippen molar-refractivity contribution < 1.29 is 19.4 Å². The molecule has 0 bridgehead atoms. The maximum absolute atomic E-state index is 12.2. The third kappa shape index (κ3) is 3.25. The number of nitrogens with one attached hydrogen (secondary N) is 1. The Morgan fingerprint density at radius 3 is 2.38 bits per heavy atom. The van der Waals surface area contributed by atoms with Gasteiger partial charge < -0.3 is 19.9 Å². The minimum absolute atomic E-state index is 0.0313. The van der Waals surface area contributed by atoms with Gasteiger partial charge in [-0.3, -0.25) is 4.79 Å². The van der Waals surface area contributed by atoms with E-state index in [4.69, 9.17) is 9.47 Å². The quantitative estimate of drug-likeness (QED) is 0.848. The van der Waals surface area contributed by atoms with Crippen LogP contribution in [-0.4, -0.2) is 25.2 Å². The van der Waals surface area contributed by atoms with Gasteiger partial charge in [0.15, 0.2) is 11.5 Å². The summed E-state index contributed by atoms with van der Waals surface area (Å²) in [6.07, 6.45) is 0. The van der Waals surface area contributed by atoms with E-state index in [9.17, 15) is 9.90 Å². The summed E-state index contributed by atoms with van der Waals surface area (Å²) in [5.74, 6) is 0.712. The molecule has 0 saturated carbocycles. The van der Waals surface area contributed by atoms with Crippen molar-refractivity contribution in [1.82, 2.24) is 0 Å². The number of phenols is 1. The van der Waals surface area contributed by atoms with Crippen LogP contribution in [0.3, 0.4) is 0 Å². The number of rotatable bonds is 4. The Hall–Kier alpha value is -2.69. The van der Waals surface area contributed by atoms with E-state index >= 15 is 0 Å². The van der Waals surface area contributed by atoms with E-state index in [0.717, 1.165) is 5.56 Å². The van der Waals surface area contributed by atoms with Crippen LogP contribution in [0.1, 0.15) is 15.9 Å². The Bertz CT molecular complexity index is 667. The molecular weight excluding hydrogens is 270 g/mol. The molecule has 0 radical (unpaired) electrons. The molecular formula is C16H17NO4. The maximum Gasteiger partial charge on any atom is 0.255 e. The molecule has 0 fully saturated rings. The molecule has 0 aliphatic rings. The number of aryl methyl sites for hydroxylation is 1. The van der Waals surface area contributed by atoms with E-state index in [1.807, 2.05) is 13.0 Å². The first-order valence-corrected chi connectivity index (χ1v) is 6.38. The molecule has 2 N–H and O–H groups in total. The van der Waals surface area contributed by atoms with Crippen LogP contribution in [0.15, 0.2) is 36.4 Å². The van der Waals surface area contributed by atoms with Crippen molar-refractivity contribution in [2.24, 2.45) is 0 Å². The van der Waals surface area contributed by atoms with Crippen LogP contribution in [0.25, 0.3) is 0 Å². The molecule has 0 aliphatic carbocycles. The average Bonchev–Trinajstić information content (AvgIpc) is 2.49. The lowest BCUT2D eigenvalue weighted by Gasteiger charge is -2.11. The molecule has 0 aromatic heterocycles. The van der Waals surface area contributed by atoms with E-state index in [0.29, 0.717) is 22.7 Å². The third-order valence-corrected chi connectivity index (χ3v) is 3.05. The molecule has 0 spiro atoms. The largest absolute Gasteiger partial charge is 0.506 e. The predicted molar refractivity (Wildman–Crippen MR) is 80.3 cm³/mol. The molecule has 5 nitrogen and oxygen atoms in total. The topological polar surface area (TPSA) is 67.8 Å². The maximum atomic E-state index is 12.2. The standard InChI is InChI=1S/C16H17NO4/c1-10-4-6-12(13(18)8-10)17-16(19)11-5-7-14(20-2)15(9-11)21-3/h4-9,18H,1-3H3,(H,17,19). The highest BCUT2D eigenvalue weighted by Gasteiger charge is 2.12. The van der Waals surface area contributed by atoms with Gasteiger partial charge >= 0.3 is 0 Å². The fourth-order valence-electron chi connectivity index (χ4n) is 1.92. The molecule has 0 aliphatic heterocycles. The monoisotopic (exact) mass is 287 g/mol. The normalized spacial score (nSPS) is 10.0. The summed E-state index contributed by atoms with van der Waals surface area (Å²) < 4.78 is 10.3. The number of hydrogen-bond donors (Lipinski definition) is 2. The van der Waals surface area contributed by atoms with Crippen LogP contribution >= 0.6 is 0 Å². The number of benzene rings is 2. The Kier molecular flexibility index (Phi) is 4.33. The first-order valence-electron chi connectivity index (χ1n) is 6.38. The fraction of sp³-hybridized carbons (Fsp3) is 0.188. The van der Waals surface area contributed by atoms with Gasteiger partial charge in [-0.2, -0.15) is 0 Å². The van der Waals surface area contributed by atoms with Gasteiger partial charge in [0.2, 0.25) is 0 Å². The Labute approximate surface area is 123 Å². The number of aromatic hydroxyl groups is 1. The summed E-state index contributed by atoms with van der Waals surface area (Å²) in [5, 5.41) is 12.5. The van der Waals surface area contributed by atoms with Gasteiger partial charge in [-0.25, -0.2) is 0 Å². The molecule has 1 amide bonds. The molecule has 5 heteroatoms. The molecule has 110 valence electrons. The van der Waals surface area contributed by atoms with Crippen LogP contribution in [0.4, 0.5) is 5.69 Å². The zero-order valence-electron chi connectivity index (χ0n) is 12.1. The minimum atomic E-state index is -0.338. The van der Waals surface area contributed by atoms with Gasteiger partial charge in [0.05, 0.1) is 19.9 Å². The van der Waals surface area contributed by atoms with Gasteiger partial charge in [-0.15, -0.1) is 0 Å². The van der Waals surface area contributed by atoms with Crippen molar-refractivity contribution in [2.75, 3.05) is 19.5 Å². The Morgan fingerprint density at radius 2 is 1.76 bits per heavy atom. The summed E-state index contributed by atoms with van der Waals surface area (Å²) in [7, 11) is 3.03. The number of methoxy groups -OCH3 is 2. The smallest absolute Gasteiger partial charge is 0.255 e. The predicted octanol–water partition coefficient (Wildman–Crippen LogP) is 2.97. The fourth-order valence-corrected chi connectivity index (χ4v) is 1.92. The van der Waals surface area contributed by atoms with Crippen LogP contribution in [0.5, 0.6) is 17.2 Å². The Morgan fingerprint density at radius 1 is 1.05 bits per heavy atom. The van der Waals surface area contributed by atoms with E-state index in [2.05, 4.69) is 5.32 Å². The Balaban J connectivity index is 2.24. The number of hydrogen-bond acceptors (Lipinski definition) is 4. The summed E-state index contributed by atoms with van der Waals surface area (Å²) in [6.45, 7) is 1.86. The highest BCUT2D eigenvalue weighted by Crippen LogP contribution is 2.29. The van der Waals surface area contributed by atoms with E-state index in [-0.39, 0.29) is 11.7 Å². The second-order valence-corrected chi connectivity index (χ2v) is 4.54. The lowest BCUT2D eigenvalue weighted by atomic mass is 10.1.